The van der Waals surface area contributed by atoms with Gasteiger partial charge in [0.15, 0.2) is 0 Å². The van der Waals surface area contributed by atoms with Crippen LogP contribution in [0.5, 0.6) is 0 Å². The highest BCUT2D eigenvalue weighted by Gasteiger charge is 2.11. The van der Waals surface area contributed by atoms with Crippen LogP contribution in [-0.4, -0.2) is 9.13 Å². The summed E-state index contributed by atoms with van der Waals surface area (Å²) in [5, 5.41) is 2.88. The van der Waals surface area contributed by atoms with Gasteiger partial charge in [0.25, 0.3) is 0 Å². The van der Waals surface area contributed by atoms with Crippen LogP contribution >= 0.6 is 15.9 Å². The van der Waals surface area contributed by atoms with Crippen LogP contribution in [0.15, 0.2) is 26.6 Å². The number of fused-ring (bicyclic) bond motifs is 1. The quantitative estimate of drug-likeness (QED) is 0.744. The van der Waals surface area contributed by atoms with Gasteiger partial charge in [-0.1, -0.05) is 0 Å². The van der Waals surface area contributed by atoms with Crippen LogP contribution in [0.2, 0.25) is 0 Å². The molecule has 5 nitrogen and oxygen atoms in total. The largest absolute Gasteiger partial charge is 0.328 e. The van der Waals surface area contributed by atoms with Crippen molar-refractivity contribution in [2.24, 2.45) is 19.3 Å². The van der Waals surface area contributed by atoms with Crippen LogP contribution in [0.1, 0.15) is 0 Å². The van der Waals surface area contributed by atoms with E-state index in [1.54, 1.807) is 26.2 Å². The standard InChI is InChI=1S/C9H8BrN3O2/c1-12-7-3-5(10)6(11-15)4-8(7)13(2)9(12)14/h3-4H,1-2H3. The molecule has 2 rings (SSSR count). The van der Waals surface area contributed by atoms with Crippen LogP contribution in [0.25, 0.3) is 11.0 Å². The molecule has 0 unspecified atom stereocenters. The fourth-order valence-electron chi connectivity index (χ4n) is 1.58. The number of aryl methyl sites for hydroxylation is 2. The van der Waals surface area contributed by atoms with Gasteiger partial charge >= 0.3 is 5.69 Å². The molecule has 78 valence electrons. The summed E-state index contributed by atoms with van der Waals surface area (Å²) in [7, 11) is 3.35. The highest BCUT2D eigenvalue weighted by Crippen LogP contribution is 2.29. The van der Waals surface area contributed by atoms with Crippen molar-refractivity contribution >= 4 is 32.7 Å². The molecule has 6 heteroatoms. The van der Waals surface area contributed by atoms with Gasteiger partial charge in [-0.15, -0.1) is 4.91 Å². The van der Waals surface area contributed by atoms with Gasteiger partial charge in [-0.05, 0) is 33.2 Å². The monoisotopic (exact) mass is 269 g/mol. The Kier molecular flexibility index (Phi) is 2.22. The van der Waals surface area contributed by atoms with Gasteiger partial charge in [-0.25, -0.2) is 4.79 Å². The molecule has 1 heterocycles. The number of benzene rings is 1. The molecule has 0 saturated heterocycles. The fourth-order valence-corrected chi connectivity index (χ4v) is 1.98. The summed E-state index contributed by atoms with van der Waals surface area (Å²) >= 11 is 3.23. The maximum atomic E-state index is 11.6. The first-order valence-corrected chi connectivity index (χ1v) is 5.04. The third kappa shape index (κ3) is 1.32. The molecule has 0 fully saturated rings. The molecule has 1 aromatic carbocycles. The van der Waals surface area contributed by atoms with Gasteiger partial charge in [-0.2, -0.15) is 0 Å². The van der Waals surface area contributed by atoms with Crippen molar-refractivity contribution in [3.05, 3.63) is 32.0 Å². The summed E-state index contributed by atoms with van der Waals surface area (Å²) < 4.78 is 3.59. The number of rotatable bonds is 1. The van der Waals surface area contributed by atoms with Gasteiger partial charge in [-0.3, -0.25) is 9.13 Å². The number of nitroso groups, excluding NO2 is 1. The first kappa shape index (κ1) is 10.1. The Morgan fingerprint density at radius 1 is 1.20 bits per heavy atom. The first-order valence-electron chi connectivity index (χ1n) is 4.24. The SMILES string of the molecule is Cn1c(=O)n(C)c2cc(N=O)c(Br)cc21. The Morgan fingerprint density at radius 2 is 1.73 bits per heavy atom. The van der Waals surface area contributed by atoms with Crippen LogP contribution in [0, 0.1) is 4.91 Å². The number of hydrogen-bond donors (Lipinski definition) is 0. The van der Waals surface area contributed by atoms with E-state index < -0.39 is 0 Å². The molecule has 0 aliphatic heterocycles. The number of aromatic nitrogens is 2. The molecule has 15 heavy (non-hydrogen) atoms. The van der Waals surface area contributed by atoms with Gasteiger partial charge in [0.05, 0.1) is 11.0 Å². The summed E-state index contributed by atoms with van der Waals surface area (Å²) in [5.41, 5.74) is 1.63. The van der Waals surface area contributed by atoms with Crippen molar-refractivity contribution < 1.29 is 0 Å². The zero-order valence-electron chi connectivity index (χ0n) is 8.19. The zero-order valence-corrected chi connectivity index (χ0v) is 9.78. The van der Waals surface area contributed by atoms with Crippen molar-refractivity contribution in [2.45, 2.75) is 0 Å². The maximum absolute atomic E-state index is 11.6. The Labute approximate surface area is 93.4 Å². The van der Waals surface area contributed by atoms with Crippen molar-refractivity contribution in [2.75, 3.05) is 0 Å². The number of nitrogens with zero attached hydrogens (tertiary/aromatic N) is 3. The van der Waals surface area contributed by atoms with E-state index in [4.69, 9.17) is 0 Å². The highest BCUT2D eigenvalue weighted by molar-refractivity contribution is 9.10. The number of imidazole rings is 1. The minimum atomic E-state index is -0.125. The van der Waals surface area contributed by atoms with E-state index in [0.29, 0.717) is 15.7 Å². The second kappa shape index (κ2) is 3.30. The zero-order chi connectivity index (χ0) is 11.2. The normalized spacial score (nSPS) is 10.9. The Hall–Kier alpha value is -1.43. The average Bonchev–Trinajstić information content (AvgIpc) is 2.43. The molecular formula is C9H8BrN3O2. The van der Waals surface area contributed by atoms with E-state index >= 15 is 0 Å². The predicted molar refractivity (Wildman–Crippen MR) is 61.3 cm³/mol. The predicted octanol–water partition coefficient (Wildman–Crippen LogP) is 2.04. The van der Waals surface area contributed by atoms with E-state index in [9.17, 15) is 9.70 Å². The summed E-state index contributed by atoms with van der Waals surface area (Å²) in [6.07, 6.45) is 0. The Bertz CT molecular complexity index is 612. The number of halogens is 1. The van der Waals surface area contributed by atoms with Gasteiger partial charge in [0, 0.05) is 18.6 Å². The molecule has 0 radical (unpaired) electrons. The van der Waals surface area contributed by atoms with Crippen LogP contribution in [0.3, 0.4) is 0 Å². The third-order valence-corrected chi connectivity index (χ3v) is 3.07. The first-order chi connectivity index (χ1) is 7.06. The van der Waals surface area contributed by atoms with E-state index in [0.717, 1.165) is 5.52 Å². The lowest BCUT2D eigenvalue weighted by molar-refractivity contribution is 0.795. The molecule has 0 N–H and O–H groups in total. The second-order valence-electron chi connectivity index (χ2n) is 3.28. The van der Waals surface area contributed by atoms with E-state index in [2.05, 4.69) is 21.1 Å². The fraction of sp³-hybridized carbons (Fsp3) is 0.222. The summed E-state index contributed by atoms with van der Waals surface area (Å²) in [6, 6.07) is 3.31. The van der Waals surface area contributed by atoms with Gasteiger partial charge < -0.3 is 0 Å². The molecule has 0 atom stereocenters. The van der Waals surface area contributed by atoms with E-state index in [1.807, 2.05) is 0 Å². The smallest absolute Gasteiger partial charge is 0.295 e. The van der Waals surface area contributed by atoms with E-state index in [1.165, 1.54) is 9.13 Å². The molecular weight excluding hydrogens is 262 g/mol. The summed E-state index contributed by atoms with van der Waals surface area (Å²) in [6.45, 7) is 0. The van der Waals surface area contributed by atoms with Crippen LogP contribution in [-0.2, 0) is 14.1 Å². The van der Waals surface area contributed by atoms with Crippen molar-refractivity contribution in [3.8, 4) is 0 Å². The minimum Gasteiger partial charge on any atom is -0.295 e. The third-order valence-electron chi connectivity index (χ3n) is 2.44. The van der Waals surface area contributed by atoms with Crippen molar-refractivity contribution in [1.29, 1.82) is 0 Å². The average molecular weight is 270 g/mol. The van der Waals surface area contributed by atoms with Crippen LogP contribution < -0.4 is 5.69 Å². The van der Waals surface area contributed by atoms with Crippen LogP contribution in [0.4, 0.5) is 5.69 Å². The lowest BCUT2D eigenvalue weighted by Gasteiger charge is -1.98. The topological polar surface area (TPSA) is 56.4 Å². The lowest BCUT2D eigenvalue weighted by atomic mass is 10.3. The molecule has 0 aliphatic rings. The molecule has 1 aromatic heterocycles. The molecule has 0 amide bonds. The second-order valence-corrected chi connectivity index (χ2v) is 4.14. The van der Waals surface area contributed by atoms with E-state index in [-0.39, 0.29) is 5.69 Å². The minimum absolute atomic E-state index is 0.125. The molecule has 0 saturated carbocycles. The Balaban J connectivity index is 3.00. The van der Waals surface area contributed by atoms with Crippen molar-refractivity contribution in [1.82, 2.24) is 9.13 Å². The van der Waals surface area contributed by atoms with Gasteiger partial charge in [0.1, 0.15) is 5.69 Å². The molecule has 0 spiro atoms. The highest BCUT2D eigenvalue weighted by atomic mass is 79.9. The molecule has 2 aromatic rings. The summed E-state index contributed by atoms with van der Waals surface area (Å²) in [4.78, 5) is 22.1. The molecule has 0 aliphatic carbocycles. The Morgan fingerprint density at radius 3 is 2.27 bits per heavy atom. The maximum Gasteiger partial charge on any atom is 0.328 e. The molecule has 0 bridgehead atoms. The number of hydrogen-bond acceptors (Lipinski definition) is 3. The summed E-state index contributed by atoms with van der Waals surface area (Å²) in [5.74, 6) is 0. The van der Waals surface area contributed by atoms with Gasteiger partial charge in [0.2, 0.25) is 0 Å². The van der Waals surface area contributed by atoms with Crippen molar-refractivity contribution in [3.63, 3.8) is 0 Å². The lowest BCUT2D eigenvalue weighted by Crippen LogP contribution is -2.19.